The summed E-state index contributed by atoms with van der Waals surface area (Å²) >= 11 is 0. The predicted octanol–water partition coefficient (Wildman–Crippen LogP) is 2.37. The molecular formula is C12H19NO2. The molecule has 0 unspecified atom stereocenters. The van der Waals surface area contributed by atoms with Crippen LogP contribution in [-0.4, -0.2) is 11.9 Å². The van der Waals surface area contributed by atoms with Crippen LogP contribution in [0.4, 0.5) is 0 Å². The second-order valence-corrected chi connectivity index (χ2v) is 4.91. The van der Waals surface area contributed by atoms with Gasteiger partial charge in [-0.05, 0) is 19.1 Å². The van der Waals surface area contributed by atoms with Gasteiger partial charge in [0.1, 0.15) is 5.76 Å². The van der Waals surface area contributed by atoms with E-state index in [1.54, 1.807) is 6.26 Å². The van der Waals surface area contributed by atoms with E-state index < -0.39 is 0 Å². The van der Waals surface area contributed by atoms with Gasteiger partial charge in [0.2, 0.25) is 5.91 Å². The minimum absolute atomic E-state index is 0.0709. The monoisotopic (exact) mass is 209 g/mol. The second kappa shape index (κ2) is 4.51. The third-order valence-corrected chi connectivity index (χ3v) is 2.15. The van der Waals surface area contributed by atoms with E-state index in [1.807, 2.05) is 39.8 Å². The first-order valence-corrected chi connectivity index (χ1v) is 5.23. The van der Waals surface area contributed by atoms with E-state index in [2.05, 4.69) is 5.32 Å². The van der Waals surface area contributed by atoms with Gasteiger partial charge < -0.3 is 9.73 Å². The fraction of sp³-hybridized carbons (Fsp3) is 0.583. The zero-order valence-corrected chi connectivity index (χ0v) is 9.83. The van der Waals surface area contributed by atoms with Crippen molar-refractivity contribution in [3.8, 4) is 0 Å². The fourth-order valence-electron chi connectivity index (χ4n) is 1.22. The third-order valence-electron chi connectivity index (χ3n) is 2.15. The number of rotatable bonds is 3. The summed E-state index contributed by atoms with van der Waals surface area (Å²) in [5, 5.41) is 2.96. The lowest BCUT2D eigenvalue weighted by Gasteiger charge is -2.21. The van der Waals surface area contributed by atoms with E-state index in [9.17, 15) is 4.79 Å². The number of hydrogen-bond donors (Lipinski definition) is 1. The minimum Gasteiger partial charge on any atom is -0.469 e. The maximum absolute atomic E-state index is 11.7. The van der Waals surface area contributed by atoms with Crippen molar-refractivity contribution in [1.29, 1.82) is 0 Å². The van der Waals surface area contributed by atoms with Crippen LogP contribution in [-0.2, 0) is 11.2 Å². The lowest BCUT2D eigenvalue weighted by molar-refractivity contribution is -0.129. The van der Waals surface area contributed by atoms with Crippen molar-refractivity contribution in [3.05, 3.63) is 24.2 Å². The molecular weight excluding hydrogens is 190 g/mol. The molecule has 84 valence electrons. The van der Waals surface area contributed by atoms with E-state index in [0.717, 1.165) is 12.2 Å². The molecule has 1 heterocycles. The number of carbonyl (C=O) groups excluding carboxylic acids is 1. The van der Waals surface area contributed by atoms with Gasteiger partial charge in [-0.2, -0.15) is 0 Å². The van der Waals surface area contributed by atoms with Gasteiger partial charge in [-0.1, -0.05) is 20.8 Å². The highest BCUT2D eigenvalue weighted by molar-refractivity contribution is 5.81. The lowest BCUT2D eigenvalue weighted by Crippen LogP contribution is -2.41. The summed E-state index contributed by atoms with van der Waals surface area (Å²) in [6, 6.07) is 3.87. The average Bonchev–Trinajstić information content (AvgIpc) is 2.54. The number of nitrogens with one attached hydrogen (secondary N) is 1. The maximum atomic E-state index is 11.7. The largest absolute Gasteiger partial charge is 0.469 e. The molecule has 0 radical (unpaired) electrons. The lowest BCUT2D eigenvalue weighted by atomic mass is 9.95. The fourth-order valence-corrected chi connectivity index (χ4v) is 1.22. The molecule has 1 aromatic rings. The topological polar surface area (TPSA) is 42.2 Å². The Morgan fingerprint density at radius 2 is 2.20 bits per heavy atom. The van der Waals surface area contributed by atoms with Crippen LogP contribution in [0.25, 0.3) is 0 Å². The first-order valence-electron chi connectivity index (χ1n) is 5.23. The molecule has 0 aliphatic heterocycles. The minimum atomic E-state index is -0.336. The Kier molecular flexibility index (Phi) is 3.56. The molecule has 15 heavy (non-hydrogen) atoms. The zero-order valence-electron chi connectivity index (χ0n) is 9.83. The summed E-state index contributed by atoms with van der Waals surface area (Å²) in [5.41, 5.74) is -0.336. The van der Waals surface area contributed by atoms with E-state index in [-0.39, 0.29) is 17.4 Å². The van der Waals surface area contributed by atoms with Crippen LogP contribution in [0, 0.1) is 5.41 Å². The van der Waals surface area contributed by atoms with Crippen molar-refractivity contribution in [2.24, 2.45) is 5.41 Å². The zero-order chi connectivity index (χ0) is 11.5. The van der Waals surface area contributed by atoms with Crippen molar-refractivity contribution in [2.75, 3.05) is 0 Å². The Hall–Kier alpha value is -1.25. The first-order chi connectivity index (χ1) is 6.89. The van der Waals surface area contributed by atoms with Crippen LogP contribution in [0.5, 0.6) is 0 Å². The molecule has 1 atom stereocenters. The van der Waals surface area contributed by atoms with Gasteiger partial charge in [-0.25, -0.2) is 0 Å². The molecule has 0 aliphatic rings. The molecule has 0 bridgehead atoms. The Morgan fingerprint density at radius 1 is 1.53 bits per heavy atom. The van der Waals surface area contributed by atoms with Crippen LogP contribution in [0.2, 0.25) is 0 Å². The number of amides is 1. The second-order valence-electron chi connectivity index (χ2n) is 4.91. The number of hydrogen-bond acceptors (Lipinski definition) is 2. The van der Waals surface area contributed by atoms with Crippen molar-refractivity contribution in [3.63, 3.8) is 0 Å². The molecule has 0 saturated heterocycles. The normalized spacial score (nSPS) is 13.6. The van der Waals surface area contributed by atoms with Gasteiger partial charge in [0.05, 0.1) is 6.26 Å². The molecule has 1 rings (SSSR count). The molecule has 0 aromatic carbocycles. The van der Waals surface area contributed by atoms with Crippen LogP contribution in [0.15, 0.2) is 22.8 Å². The van der Waals surface area contributed by atoms with Crippen LogP contribution >= 0.6 is 0 Å². The number of furan rings is 1. The van der Waals surface area contributed by atoms with Crippen molar-refractivity contribution in [2.45, 2.75) is 40.2 Å². The Labute approximate surface area is 90.9 Å². The molecule has 1 N–H and O–H groups in total. The molecule has 1 aromatic heterocycles. The molecule has 3 nitrogen and oxygen atoms in total. The Balaban J connectivity index is 2.43. The molecule has 0 aliphatic carbocycles. The van der Waals surface area contributed by atoms with Crippen molar-refractivity contribution < 1.29 is 9.21 Å². The van der Waals surface area contributed by atoms with Crippen molar-refractivity contribution in [1.82, 2.24) is 5.32 Å². The van der Waals surface area contributed by atoms with Gasteiger partial charge in [0.15, 0.2) is 0 Å². The van der Waals surface area contributed by atoms with Gasteiger partial charge in [0, 0.05) is 17.9 Å². The SMILES string of the molecule is C[C@H](Cc1ccco1)NC(=O)C(C)(C)C. The van der Waals surface area contributed by atoms with Gasteiger partial charge in [0.25, 0.3) is 0 Å². The Bertz CT molecular complexity index is 309. The molecule has 1 amide bonds. The summed E-state index contributed by atoms with van der Waals surface area (Å²) in [6.07, 6.45) is 2.38. The van der Waals surface area contributed by atoms with Gasteiger partial charge in [-0.3, -0.25) is 4.79 Å². The summed E-state index contributed by atoms with van der Waals surface area (Å²) in [7, 11) is 0. The van der Waals surface area contributed by atoms with E-state index >= 15 is 0 Å². The average molecular weight is 209 g/mol. The van der Waals surface area contributed by atoms with E-state index in [0.29, 0.717) is 0 Å². The Morgan fingerprint density at radius 3 is 2.67 bits per heavy atom. The molecule has 0 spiro atoms. The standard InChI is InChI=1S/C12H19NO2/c1-9(8-10-6-5-7-15-10)13-11(14)12(2,3)4/h5-7,9H,8H2,1-4H3,(H,13,14)/t9-/m1/s1. The summed E-state index contributed by atoms with van der Waals surface area (Å²) in [5.74, 6) is 0.971. The summed E-state index contributed by atoms with van der Waals surface area (Å²) in [4.78, 5) is 11.7. The molecule has 0 fully saturated rings. The van der Waals surface area contributed by atoms with Crippen LogP contribution in [0.3, 0.4) is 0 Å². The predicted molar refractivity (Wildman–Crippen MR) is 59.5 cm³/mol. The van der Waals surface area contributed by atoms with E-state index in [1.165, 1.54) is 0 Å². The van der Waals surface area contributed by atoms with Crippen molar-refractivity contribution >= 4 is 5.91 Å². The quantitative estimate of drug-likeness (QED) is 0.830. The first kappa shape index (κ1) is 11.8. The molecule has 0 saturated carbocycles. The highest BCUT2D eigenvalue weighted by Crippen LogP contribution is 2.13. The highest BCUT2D eigenvalue weighted by Gasteiger charge is 2.22. The third kappa shape index (κ3) is 3.78. The van der Waals surface area contributed by atoms with Crippen LogP contribution < -0.4 is 5.32 Å². The molecule has 3 heteroatoms. The highest BCUT2D eigenvalue weighted by atomic mass is 16.3. The van der Waals surface area contributed by atoms with Gasteiger partial charge >= 0.3 is 0 Å². The van der Waals surface area contributed by atoms with Crippen LogP contribution in [0.1, 0.15) is 33.5 Å². The van der Waals surface area contributed by atoms with E-state index in [4.69, 9.17) is 4.42 Å². The summed E-state index contributed by atoms with van der Waals surface area (Å²) in [6.45, 7) is 7.69. The van der Waals surface area contributed by atoms with Gasteiger partial charge in [-0.15, -0.1) is 0 Å². The number of carbonyl (C=O) groups is 1. The summed E-state index contributed by atoms with van der Waals surface area (Å²) < 4.78 is 5.22. The smallest absolute Gasteiger partial charge is 0.225 e. The maximum Gasteiger partial charge on any atom is 0.225 e.